The maximum Gasteiger partial charge on any atom is 0.320 e. The Labute approximate surface area is 127 Å². The molecule has 1 aliphatic rings. The molecule has 1 atom stereocenters. The summed E-state index contributed by atoms with van der Waals surface area (Å²) in [6.07, 6.45) is 1.57. The van der Waals surface area contributed by atoms with E-state index < -0.39 is 22.2 Å². The summed E-state index contributed by atoms with van der Waals surface area (Å²) in [5.41, 5.74) is 0. The quantitative estimate of drug-likeness (QED) is 0.702. The van der Waals surface area contributed by atoms with Gasteiger partial charge in [0.2, 0.25) is 0 Å². The molecule has 0 aromatic heterocycles. The number of piperazine rings is 1. The molecule has 1 saturated heterocycles. The highest BCUT2D eigenvalue weighted by Crippen LogP contribution is 2.15. The van der Waals surface area contributed by atoms with Crippen LogP contribution in [0, 0.1) is 0 Å². The minimum atomic E-state index is -3.43. The third kappa shape index (κ3) is 4.64. The van der Waals surface area contributed by atoms with Crippen LogP contribution in [0.1, 0.15) is 33.6 Å². The van der Waals surface area contributed by atoms with E-state index in [1.165, 1.54) is 8.61 Å². The van der Waals surface area contributed by atoms with E-state index in [-0.39, 0.29) is 0 Å². The van der Waals surface area contributed by atoms with Gasteiger partial charge in [-0.3, -0.25) is 9.69 Å². The zero-order chi connectivity index (χ0) is 16.0. The maximum absolute atomic E-state index is 12.6. The lowest BCUT2D eigenvalue weighted by Gasteiger charge is -2.38. The van der Waals surface area contributed by atoms with Gasteiger partial charge in [-0.2, -0.15) is 17.0 Å². The van der Waals surface area contributed by atoms with Gasteiger partial charge in [0.1, 0.15) is 6.04 Å². The molecule has 8 heteroatoms. The molecule has 7 nitrogen and oxygen atoms in total. The zero-order valence-corrected chi connectivity index (χ0v) is 14.0. The monoisotopic (exact) mass is 321 g/mol. The second-order valence-electron chi connectivity index (χ2n) is 5.36. The van der Waals surface area contributed by atoms with Crippen LogP contribution in [0.3, 0.4) is 0 Å². The van der Waals surface area contributed by atoms with E-state index in [0.717, 1.165) is 12.8 Å². The van der Waals surface area contributed by atoms with E-state index in [1.807, 2.05) is 13.8 Å². The molecule has 0 aromatic carbocycles. The van der Waals surface area contributed by atoms with E-state index in [9.17, 15) is 13.2 Å². The molecule has 1 heterocycles. The van der Waals surface area contributed by atoms with Gasteiger partial charge in [-0.15, -0.1) is 0 Å². The maximum atomic E-state index is 12.6. The van der Waals surface area contributed by atoms with Crippen LogP contribution >= 0.6 is 0 Å². The highest BCUT2D eigenvalue weighted by atomic mass is 32.2. The lowest BCUT2D eigenvalue weighted by molar-refractivity contribution is -0.143. The second-order valence-corrected chi connectivity index (χ2v) is 7.28. The Morgan fingerprint density at radius 3 is 2.00 bits per heavy atom. The standard InChI is InChI=1S/C13H27N3O4S/c1-4-6-15(7-5-2)21(19,20)16-10-8-14(9-11-16)12(3)13(17)18/h12H,4-11H2,1-3H3,(H,17,18). The number of nitrogens with zero attached hydrogens (tertiary/aromatic N) is 3. The van der Waals surface area contributed by atoms with Crippen molar-refractivity contribution >= 4 is 16.2 Å². The van der Waals surface area contributed by atoms with Crippen molar-refractivity contribution in [1.29, 1.82) is 0 Å². The highest BCUT2D eigenvalue weighted by molar-refractivity contribution is 7.86. The molecule has 0 aromatic rings. The van der Waals surface area contributed by atoms with Gasteiger partial charge in [-0.1, -0.05) is 13.8 Å². The number of hydrogen-bond donors (Lipinski definition) is 1. The van der Waals surface area contributed by atoms with Crippen molar-refractivity contribution in [2.75, 3.05) is 39.3 Å². The van der Waals surface area contributed by atoms with E-state index >= 15 is 0 Å². The molecular weight excluding hydrogens is 294 g/mol. The van der Waals surface area contributed by atoms with Gasteiger partial charge >= 0.3 is 5.97 Å². The molecule has 0 aliphatic carbocycles. The summed E-state index contributed by atoms with van der Waals surface area (Å²) < 4.78 is 28.2. The van der Waals surface area contributed by atoms with Crippen LogP contribution < -0.4 is 0 Å². The molecule has 0 saturated carbocycles. The zero-order valence-electron chi connectivity index (χ0n) is 13.2. The van der Waals surface area contributed by atoms with Crippen molar-refractivity contribution in [3.05, 3.63) is 0 Å². The van der Waals surface area contributed by atoms with Crippen LogP contribution in [-0.4, -0.2) is 78.3 Å². The number of carbonyl (C=O) groups is 1. The Morgan fingerprint density at radius 2 is 1.62 bits per heavy atom. The predicted molar refractivity (Wildman–Crippen MR) is 81.3 cm³/mol. The Morgan fingerprint density at radius 1 is 1.14 bits per heavy atom. The largest absolute Gasteiger partial charge is 0.480 e. The third-order valence-corrected chi connectivity index (χ3v) is 5.81. The normalized spacial score (nSPS) is 19.8. The van der Waals surface area contributed by atoms with Gasteiger partial charge in [-0.25, -0.2) is 0 Å². The van der Waals surface area contributed by atoms with Gasteiger partial charge in [0.25, 0.3) is 10.2 Å². The molecule has 124 valence electrons. The van der Waals surface area contributed by atoms with E-state index in [2.05, 4.69) is 0 Å². The number of hydrogen-bond acceptors (Lipinski definition) is 4. The first-order valence-electron chi connectivity index (χ1n) is 7.56. The summed E-state index contributed by atoms with van der Waals surface area (Å²) >= 11 is 0. The lowest BCUT2D eigenvalue weighted by Crippen LogP contribution is -2.56. The molecule has 0 spiro atoms. The Balaban J connectivity index is 2.68. The molecule has 1 rings (SSSR count). The SMILES string of the molecule is CCCN(CCC)S(=O)(=O)N1CCN(C(C)C(=O)O)CC1. The van der Waals surface area contributed by atoms with E-state index in [4.69, 9.17) is 5.11 Å². The van der Waals surface area contributed by atoms with Crippen molar-refractivity contribution in [2.24, 2.45) is 0 Å². The van der Waals surface area contributed by atoms with Crippen molar-refractivity contribution in [2.45, 2.75) is 39.7 Å². The fourth-order valence-electron chi connectivity index (χ4n) is 2.48. The van der Waals surface area contributed by atoms with Crippen LogP contribution in [0.25, 0.3) is 0 Å². The van der Waals surface area contributed by atoms with E-state index in [0.29, 0.717) is 39.3 Å². The number of carboxylic acid groups (broad SMARTS) is 1. The Kier molecular flexibility index (Phi) is 7.05. The van der Waals surface area contributed by atoms with Crippen LogP contribution in [0.15, 0.2) is 0 Å². The fourth-order valence-corrected chi connectivity index (χ4v) is 4.26. The van der Waals surface area contributed by atoms with Gasteiger partial charge in [0.15, 0.2) is 0 Å². The summed E-state index contributed by atoms with van der Waals surface area (Å²) in [5, 5.41) is 9.01. The predicted octanol–water partition coefficient (Wildman–Crippen LogP) is 0.444. The highest BCUT2D eigenvalue weighted by Gasteiger charge is 2.33. The average molecular weight is 321 g/mol. The van der Waals surface area contributed by atoms with Crippen LogP contribution in [-0.2, 0) is 15.0 Å². The van der Waals surface area contributed by atoms with Gasteiger partial charge in [0, 0.05) is 39.3 Å². The summed E-state index contributed by atoms with van der Waals surface area (Å²) in [4.78, 5) is 12.8. The summed E-state index contributed by atoms with van der Waals surface area (Å²) in [6, 6.07) is -0.572. The molecular formula is C13H27N3O4S. The van der Waals surface area contributed by atoms with E-state index in [1.54, 1.807) is 11.8 Å². The second kappa shape index (κ2) is 8.07. The van der Waals surface area contributed by atoms with Gasteiger partial charge < -0.3 is 5.11 Å². The van der Waals surface area contributed by atoms with Gasteiger partial charge in [-0.05, 0) is 19.8 Å². The molecule has 1 fully saturated rings. The first-order chi connectivity index (χ1) is 9.84. The molecule has 0 amide bonds. The van der Waals surface area contributed by atoms with Crippen molar-refractivity contribution in [3.8, 4) is 0 Å². The number of aliphatic carboxylic acids is 1. The van der Waals surface area contributed by atoms with Crippen molar-refractivity contribution in [3.63, 3.8) is 0 Å². The minimum Gasteiger partial charge on any atom is -0.480 e. The molecule has 0 radical (unpaired) electrons. The van der Waals surface area contributed by atoms with Crippen LogP contribution in [0.4, 0.5) is 0 Å². The lowest BCUT2D eigenvalue weighted by atomic mass is 10.2. The molecule has 1 aliphatic heterocycles. The number of carboxylic acids is 1. The first-order valence-corrected chi connectivity index (χ1v) is 8.96. The topological polar surface area (TPSA) is 81.2 Å². The summed E-state index contributed by atoms with van der Waals surface area (Å²) in [6.45, 7) is 8.23. The first kappa shape index (κ1) is 18.3. The molecule has 1 unspecified atom stereocenters. The minimum absolute atomic E-state index is 0.351. The summed E-state index contributed by atoms with van der Waals surface area (Å²) in [5.74, 6) is -0.870. The molecule has 1 N–H and O–H groups in total. The Bertz CT molecular complexity index is 427. The van der Waals surface area contributed by atoms with Crippen LogP contribution in [0.2, 0.25) is 0 Å². The van der Waals surface area contributed by atoms with Crippen molar-refractivity contribution < 1.29 is 18.3 Å². The Hall–Kier alpha value is -0.700. The molecule has 21 heavy (non-hydrogen) atoms. The van der Waals surface area contributed by atoms with Crippen molar-refractivity contribution in [1.82, 2.24) is 13.5 Å². The third-order valence-electron chi connectivity index (χ3n) is 3.78. The summed E-state index contributed by atoms with van der Waals surface area (Å²) in [7, 11) is -3.43. The van der Waals surface area contributed by atoms with Crippen LogP contribution in [0.5, 0.6) is 0 Å². The van der Waals surface area contributed by atoms with Gasteiger partial charge in [0.05, 0.1) is 0 Å². The number of rotatable bonds is 8. The smallest absolute Gasteiger partial charge is 0.320 e. The average Bonchev–Trinajstić information content (AvgIpc) is 2.46. The molecule has 0 bridgehead atoms. The fraction of sp³-hybridized carbons (Fsp3) is 0.923.